The fourth-order valence-corrected chi connectivity index (χ4v) is 1.61. The van der Waals surface area contributed by atoms with Crippen molar-refractivity contribution in [1.29, 1.82) is 0 Å². The number of aliphatic imine (C=N–C) groups is 1. The van der Waals surface area contributed by atoms with Crippen LogP contribution in [0.1, 0.15) is 12.1 Å². The molecule has 0 N–H and O–H groups in total. The predicted molar refractivity (Wildman–Crippen MR) is 61.3 cm³/mol. The average molecular weight is 248 g/mol. The molecule has 2 rings (SSSR count). The number of rotatable bonds is 3. The Bertz CT molecular complexity index is 538. The second-order valence-corrected chi connectivity index (χ2v) is 3.68. The van der Waals surface area contributed by atoms with Gasteiger partial charge in [-0.25, -0.2) is 0 Å². The first-order chi connectivity index (χ1) is 8.56. The van der Waals surface area contributed by atoms with E-state index in [1.807, 2.05) is 0 Å². The van der Waals surface area contributed by atoms with Crippen LogP contribution in [0.2, 0.25) is 0 Å². The van der Waals surface area contributed by atoms with Gasteiger partial charge in [-0.3, -0.25) is 30.2 Å². The molecule has 8 heteroatoms. The molecule has 92 valence electrons. The Labute approximate surface area is 101 Å². The van der Waals surface area contributed by atoms with Crippen LogP contribution in [0.15, 0.2) is 41.7 Å². The minimum atomic E-state index is -2.35. The molecule has 0 aromatic carbocycles. The van der Waals surface area contributed by atoms with E-state index < -0.39 is 21.9 Å². The third kappa shape index (κ3) is 1.83. The van der Waals surface area contributed by atoms with Gasteiger partial charge in [0.25, 0.3) is 0 Å². The van der Waals surface area contributed by atoms with E-state index in [-0.39, 0.29) is 5.71 Å². The summed E-state index contributed by atoms with van der Waals surface area (Å²) in [5.74, 6) is 0. The van der Waals surface area contributed by atoms with Crippen LogP contribution in [0.5, 0.6) is 0 Å². The van der Waals surface area contributed by atoms with Crippen LogP contribution in [0.3, 0.4) is 0 Å². The van der Waals surface area contributed by atoms with Gasteiger partial charge >= 0.3 is 5.66 Å². The third-order valence-corrected chi connectivity index (χ3v) is 2.59. The molecule has 0 amide bonds. The van der Waals surface area contributed by atoms with Crippen LogP contribution in [-0.2, 0) is 0 Å². The summed E-state index contributed by atoms with van der Waals surface area (Å²) in [6.07, 6.45) is 3.05. The van der Waals surface area contributed by atoms with Crippen molar-refractivity contribution in [3.05, 3.63) is 62.6 Å². The largest absolute Gasteiger partial charge is 0.485 e. The Morgan fingerprint density at radius 3 is 2.50 bits per heavy atom. The van der Waals surface area contributed by atoms with Crippen LogP contribution in [0, 0.1) is 20.2 Å². The van der Waals surface area contributed by atoms with Gasteiger partial charge in [0.2, 0.25) is 0 Å². The molecule has 1 aromatic heterocycles. The zero-order valence-corrected chi connectivity index (χ0v) is 9.09. The van der Waals surface area contributed by atoms with Crippen LogP contribution in [0.25, 0.3) is 0 Å². The van der Waals surface area contributed by atoms with E-state index in [9.17, 15) is 20.2 Å². The van der Waals surface area contributed by atoms with Crippen molar-refractivity contribution < 1.29 is 9.85 Å². The van der Waals surface area contributed by atoms with Crippen molar-refractivity contribution in [2.75, 3.05) is 0 Å². The van der Waals surface area contributed by atoms with Crippen LogP contribution in [-0.4, -0.2) is 26.2 Å². The molecule has 0 saturated carbocycles. The number of aromatic nitrogens is 1. The highest BCUT2D eigenvalue weighted by Crippen LogP contribution is 2.24. The van der Waals surface area contributed by atoms with E-state index in [0.29, 0.717) is 5.69 Å². The number of nitrogens with zero attached hydrogens (tertiary/aromatic N) is 4. The molecule has 1 aliphatic heterocycles. The van der Waals surface area contributed by atoms with E-state index in [2.05, 4.69) is 9.98 Å². The van der Waals surface area contributed by atoms with Crippen molar-refractivity contribution in [2.45, 2.75) is 12.1 Å². The third-order valence-electron chi connectivity index (χ3n) is 2.59. The maximum Gasteiger partial charge on any atom is 0.485 e. The first-order valence-corrected chi connectivity index (χ1v) is 5.01. The first-order valence-electron chi connectivity index (χ1n) is 5.01. The van der Waals surface area contributed by atoms with E-state index >= 15 is 0 Å². The Morgan fingerprint density at radius 2 is 1.94 bits per heavy atom. The maximum absolute atomic E-state index is 10.9. The summed E-state index contributed by atoms with van der Waals surface area (Å²) in [6, 6.07) is 4.96. The molecular formula is C10H8N4O4. The number of hydrogen-bond acceptors (Lipinski definition) is 6. The molecule has 18 heavy (non-hydrogen) atoms. The average Bonchev–Trinajstić information content (AvgIpc) is 2.39. The highest BCUT2D eigenvalue weighted by Gasteiger charge is 2.56. The summed E-state index contributed by atoms with van der Waals surface area (Å²) in [6.45, 7) is 0. The van der Waals surface area contributed by atoms with Crippen LogP contribution >= 0.6 is 0 Å². The quantitative estimate of drug-likeness (QED) is 0.450. The molecule has 0 spiro atoms. The topological polar surface area (TPSA) is 112 Å². The molecule has 8 nitrogen and oxygen atoms in total. The molecule has 0 radical (unpaired) electrons. The normalized spacial score (nSPS) is 17.0. The first kappa shape index (κ1) is 11.8. The Hall–Kier alpha value is -2.64. The lowest BCUT2D eigenvalue weighted by Crippen LogP contribution is -2.47. The van der Waals surface area contributed by atoms with Crippen molar-refractivity contribution in [3.8, 4) is 0 Å². The van der Waals surface area contributed by atoms with Crippen molar-refractivity contribution in [3.63, 3.8) is 0 Å². The molecule has 0 atom stereocenters. The lowest BCUT2D eigenvalue weighted by atomic mass is 9.99. The predicted octanol–water partition coefficient (Wildman–Crippen LogP) is 1.04. The number of pyridine rings is 1. The van der Waals surface area contributed by atoms with E-state index in [4.69, 9.17) is 0 Å². The van der Waals surface area contributed by atoms with Crippen LogP contribution in [0.4, 0.5) is 0 Å². The van der Waals surface area contributed by atoms with Gasteiger partial charge < -0.3 is 0 Å². The molecule has 1 aromatic rings. The highest BCUT2D eigenvalue weighted by atomic mass is 16.7. The molecule has 0 saturated heterocycles. The minimum Gasteiger partial charge on any atom is -0.258 e. The lowest BCUT2D eigenvalue weighted by molar-refractivity contribution is -0.779. The summed E-state index contributed by atoms with van der Waals surface area (Å²) < 4.78 is 0. The minimum absolute atomic E-state index is 0.228. The van der Waals surface area contributed by atoms with E-state index in [1.54, 1.807) is 18.2 Å². The summed E-state index contributed by atoms with van der Waals surface area (Å²) in [5.41, 5.74) is -1.73. The smallest absolute Gasteiger partial charge is 0.258 e. The monoisotopic (exact) mass is 248 g/mol. The maximum atomic E-state index is 10.9. The second-order valence-electron chi connectivity index (χ2n) is 3.68. The summed E-state index contributed by atoms with van der Waals surface area (Å²) in [7, 11) is 0. The molecule has 0 bridgehead atoms. The van der Waals surface area contributed by atoms with Crippen molar-refractivity contribution >= 4 is 5.71 Å². The highest BCUT2D eigenvalue weighted by molar-refractivity contribution is 6.00. The van der Waals surface area contributed by atoms with Crippen molar-refractivity contribution in [2.24, 2.45) is 4.99 Å². The SMILES string of the molecule is O=[N+]([O-])C1([N+](=O)[O-])C=CN=C(c2ccccn2)C1. The lowest BCUT2D eigenvalue weighted by Gasteiger charge is -2.16. The number of hydrogen-bond donors (Lipinski definition) is 0. The molecule has 0 aliphatic carbocycles. The van der Waals surface area contributed by atoms with Gasteiger partial charge in [-0.1, -0.05) is 6.07 Å². The van der Waals surface area contributed by atoms with Gasteiger partial charge in [-0.2, -0.15) is 0 Å². The summed E-state index contributed by atoms with van der Waals surface area (Å²) in [5, 5.41) is 21.9. The Morgan fingerprint density at radius 1 is 1.22 bits per heavy atom. The van der Waals surface area contributed by atoms with Gasteiger partial charge in [0, 0.05) is 12.4 Å². The molecular weight excluding hydrogens is 240 g/mol. The van der Waals surface area contributed by atoms with Gasteiger partial charge in [0.1, 0.15) is 16.3 Å². The van der Waals surface area contributed by atoms with Crippen LogP contribution < -0.4 is 0 Å². The fourth-order valence-electron chi connectivity index (χ4n) is 1.61. The fraction of sp³-hybridized carbons (Fsp3) is 0.200. The molecule has 0 unspecified atom stereocenters. The Balaban J connectivity index is 2.40. The van der Waals surface area contributed by atoms with E-state index in [0.717, 1.165) is 12.3 Å². The summed E-state index contributed by atoms with van der Waals surface area (Å²) >= 11 is 0. The number of nitro groups is 2. The summed E-state index contributed by atoms with van der Waals surface area (Å²) in [4.78, 5) is 27.9. The second kappa shape index (κ2) is 4.32. The van der Waals surface area contributed by atoms with Gasteiger partial charge in [-0.15, -0.1) is 0 Å². The zero-order chi connectivity index (χ0) is 13.2. The van der Waals surface area contributed by atoms with Crippen molar-refractivity contribution in [1.82, 2.24) is 4.98 Å². The Kier molecular flexibility index (Phi) is 2.84. The molecule has 1 aliphatic rings. The standard InChI is InChI=1S/C10H8N4O4/c15-13(16)10(14(17)18)4-6-12-9(7-10)8-3-1-2-5-11-8/h1-6H,7H2. The zero-order valence-electron chi connectivity index (χ0n) is 9.09. The van der Waals surface area contributed by atoms with Gasteiger partial charge in [0.15, 0.2) is 0 Å². The van der Waals surface area contributed by atoms with E-state index in [1.165, 1.54) is 6.20 Å². The molecule has 0 fully saturated rings. The van der Waals surface area contributed by atoms with Gasteiger partial charge in [0.05, 0.1) is 17.5 Å². The van der Waals surface area contributed by atoms with Gasteiger partial charge in [-0.05, 0) is 12.1 Å². The molecule has 2 heterocycles.